The van der Waals surface area contributed by atoms with Crippen molar-refractivity contribution < 1.29 is 19.2 Å². The van der Waals surface area contributed by atoms with Crippen molar-refractivity contribution in [2.75, 3.05) is 6.54 Å². The van der Waals surface area contributed by atoms with E-state index in [1.807, 2.05) is 13.0 Å². The SMILES string of the molecule is Cc1cccc(C(=O)NCC(=O)NN2C(=O)NC3(CCC(C)CC3)C2=O)c1. The van der Waals surface area contributed by atoms with Crippen LogP contribution in [0.3, 0.4) is 0 Å². The second-order valence-electron chi connectivity index (χ2n) is 7.42. The van der Waals surface area contributed by atoms with Gasteiger partial charge in [0.1, 0.15) is 5.54 Å². The smallest absolute Gasteiger partial charge is 0.343 e. The fourth-order valence-corrected chi connectivity index (χ4v) is 3.53. The van der Waals surface area contributed by atoms with Gasteiger partial charge >= 0.3 is 6.03 Å². The van der Waals surface area contributed by atoms with Crippen LogP contribution in [0.4, 0.5) is 4.79 Å². The highest BCUT2D eigenvalue weighted by atomic mass is 16.2. The summed E-state index contributed by atoms with van der Waals surface area (Å²) in [6.07, 6.45) is 2.82. The van der Waals surface area contributed by atoms with Crippen molar-refractivity contribution in [3.8, 4) is 0 Å². The molecule has 1 heterocycles. The quantitative estimate of drug-likeness (QED) is 0.692. The molecular formula is C19H24N4O4. The normalized spacial score (nSPS) is 24.7. The molecule has 0 radical (unpaired) electrons. The molecule has 1 aliphatic heterocycles. The van der Waals surface area contributed by atoms with Gasteiger partial charge in [0, 0.05) is 5.56 Å². The zero-order valence-corrected chi connectivity index (χ0v) is 15.5. The van der Waals surface area contributed by atoms with E-state index >= 15 is 0 Å². The minimum absolute atomic E-state index is 0.339. The Labute approximate surface area is 157 Å². The number of rotatable bonds is 4. The molecule has 3 N–H and O–H groups in total. The van der Waals surface area contributed by atoms with Crippen LogP contribution in [0, 0.1) is 12.8 Å². The van der Waals surface area contributed by atoms with Crippen LogP contribution in [0.15, 0.2) is 24.3 Å². The van der Waals surface area contributed by atoms with Crippen molar-refractivity contribution in [3.05, 3.63) is 35.4 Å². The molecule has 1 aromatic carbocycles. The summed E-state index contributed by atoms with van der Waals surface area (Å²) in [5, 5.41) is 5.95. The van der Waals surface area contributed by atoms with Gasteiger partial charge in [-0.2, -0.15) is 5.01 Å². The maximum Gasteiger partial charge on any atom is 0.344 e. The van der Waals surface area contributed by atoms with Gasteiger partial charge in [-0.15, -0.1) is 0 Å². The number of hydrazine groups is 1. The third-order valence-electron chi connectivity index (χ3n) is 5.22. The molecular weight excluding hydrogens is 348 g/mol. The standard InChI is InChI=1S/C19H24N4O4/c1-12-6-8-19(9-7-12)17(26)23(18(27)21-19)22-15(24)11-20-16(25)14-5-3-4-13(2)10-14/h3-5,10,12H,6-9,11H2,1-2H3,(H,20,25)(H,21,27)(H,22,24). The first-order valence-electron chi connectivity index (χ1n) is 9.12. The van der Waals surface area contributed by atoms with E-state index in [-0.39, 0.29) is 6.54 Å². The van der Waals surface area contributed by atoms with Gasteiger partial charge in [-0.05, 0) is 50.7 Å². The average molecular weight is 372 g/mol. The number of carbonyl (C=O) groups excluding carboxylic acids is 4. The molecule has 0 bridgehead atoms. The molecule has 1 saturated carbocycles. The van der Waals surface area contributed by atoms with E-state index in [9.17, 15) is 19.2 Å². The molecule has 1 aliphatic carbocycles. The highest BCUT2D eigenvalue weighted by Gasteiger charge is 2.52. The van der Waals surface area contributed by atoms with Crippen molar-refractivity contribution in [3.63, 3.8) is 0 Å². The summed E-state index contributed by atoms with van der Waals surface area (Å²) in [6, 6.07) is 6.34. The highest BCUT2D eigenvalue weighted by Crippen LogP contribution is 2.35. The summed E-state index contributed by atoms with van der Waals surface area (Å²) in [6.45, 7) is 3.64. The van der Waals surface area contributed by atoms with Crippen LogP contribution in [0.25, 0.3) is 0 Å². The zero-order chi connectivity index (χ0) is 19.6. The molecule has 0 aromatic heterocycles. The van der Waals surface area contributed by atoms with E-state index in [2.05, 4.69) is 23.0 Å². The summed E-state index contributed by atoms with van der Waals surface area (Å²) in [4.78, 5) is 49.0. The minimum atomic E-state index is -0.915. The first-order valence-corrected chi connectivity index (χ1v) is 9.12. The number of aryl methyl sites for hydroxylation is 1. The number of benzene rings is 1. The molecule has 144 valence electrons. The Kier molecular flexibility index (Phi) is 5.16. The molecule has 3 rings (SSSR count). The second-order valence-corrected chi connectivity index (χ2v) is 7.42. The molecule has 0 unspecified atom stereocenters. The van der Waals surface area contributed by atoms with Gasteiger partial charge < -0.3 is 10.6 Å². The lowest BCUT2D eigenvalue weighted by molar-refractivity contribution is -0.139. The van der Waals surface area contributed by atoms with Crippen LogP contribution in [0.1, 0.15) is 48.5 Å². The Hall–Kier alpha value is -2.90. The van der Waals surface area contributed by atoms with E-state index < -0.39 is 29.3 Å². The monoisotopic (exact) mass is 372 g/mol. The van der Waals surface area contributed by atoms with Gasteiger partial charge in [0.15, 0.2) is 0 Å². The molecule has 1 aromatic rings. The lowest BCUT2D eigenvalue weighted by Crippen LogP contribution is -2.52. The Morgan fingerprint density at radius 3 is 2.63 bits per heavy atom. The van der Waals surface area contributed by atoms with Crippen molar-refractivity contribution in [2.24, 2.45) is 5.92 Å². The van der Waals surface area contributed by atoms with Crippen molar-refractivity contribution in [2.45, 2.75) is 45.1 Å². The van der Waals surface area contributed by atoms with Crippen LogP contribution >= 0.6 is 0 Å². The molecule has 0 atom stereocenters. The molecule has 1 saturated heterocycles. The molecule has 1 spiro atoms. The van der Waals surface area contributed by atoms with Gasteiger partial charge in [0.2, 0.25) is 0 Å². The third kappa shape index (κ3) is 3.94. The van der Waals surface area contributed by atoms with Crippen molar-refractivity contribution in [1.82, 2.24) is 21.1 Å². The molecule has 5 amide bonds. The molecule has 2 fully saturated rings. The third-order valence-corrected chi connectivity index (χ3v) is 5.22. The number of urea groups is 1. The summed E-state index contributed by atoms with van der Waals surface area (Å²) < 4.78 is 0. The lowest BCUT2D eigenvalue weighted by Gasteiger charge is -2.33. The van der Waals surface area contributed by atoms with Crippen LogP contribution < -0.4 is 16.1 Å². The van der Waals surface area contributed by atoms with Crippen molar-refractivity contribution in [1.29, 1.82) is 0 Å². The van der Waals surface area contributed by atoms with E-state index in [0.29, 0.717) is 24.3 Å². The number of imide groups is 1. The van der Waals surface area contributed by atoms with E-state index in [1.165, 1.54) is 0 Å². The summed E-state index contributed by atoms with van der Waals surface area (Å²) in [7, 11) is 0. The molecule has 27 heavy (non-hydrogen) atoms. The van der Waals surface area contributed by atoms with Gasteiger partial charge in [0.05, 0.1) is 6.54 Å². The molecule has 8 heteroatoms. The Balaban J connectivity index is 1.55. The van der Waals surface area contributed by atoms with Gasteiger partial charge in [-0.1, -0.05) is 24.6 Å². The Morgan fingerprint density at radius 2 is 1.96 bits per heavy atom. The van der Waals surface area contributed by atoms with Crippen LogP contribution in [-0.4, -0.2) is 40.8 Å². The zero-order valence-electron chi connectivity index (χ0n) is 15.5. The van der Waals surface area contributed by atoms with Gasteiger partial charge in [0.25, 0.3) is 17.7 Å². The number of carbonyl (C=O) groups is 4. The highest BCUT2D eigenvalue weighted by molar-refractivity contribution is 6.08. The Morgan fingerprint density at radius 1 is 1.26 bits per heavy atom. The van der Waals surface area contributed by atoms with E-state index in [4.69, 9.17) is 0 Å². The van der Waals surface area contributed by atoms with E-state index in [1.54, 1.807) is 18.2 Å². The fourth-order valence-electron chi connectivity index (χ4n) is 3.53. The topological polar surface area (TPSA) is 108 Å². The maximum absolute atomic E-state index is 12.7. The lowest BCUT2D eigenvalue weighted by atomic mass is 9.77. The number of amides is 5. The number of nitrogens with one attached hydrogen (secondary N) is 3. The second kappa shape index (κ2) is 7.38. The minimum Gasteiger partial charge on any atom is -0.343 e. The first kappa shape index (κ1) is 18.9. The van der Waals surface area contributed by atoms with Crippen LogP contribution in [0.5, 0.6) is 0 Å². The van der Waals surface area contributed by atoms with Crippen LogP contribution in [-0.2, 0) is 9.59 Å². The number of hydrogen-bond acceptors (Lipinski definition) is 4. The first-order chi connectivity index (χ1) is 12.8. The van der Waals surface area contributed by atoms with Crippen LogP contribution in [0.2, 0.25) is 0 Å². The summed E-state index contributed by atoms with van der Waals surface area (Å²) in [5.41, 5.74) is 2.75. The van der Waals surface area contributed by atoms with Gasteiger partial charge in [-0.3, -0.25) is 19.8 Å². The van der Waals surface area contributed by atoms with Crippen molar-refractivity contribution >= 4 is 23.8 Å². The van der Waals surface area contributed by atoms with E-state index in [0.717, 1.165) is 23.4 Å². The molecule has 2 aliphatic rings. The fraction of sp³-hybridized carbons (Fsp3) is 0.474. The number of nitrogens with zero attached hydrogens (tertiary/aromatic N) is 1. The Bertz CT molecular complexity index is 784. The molecule has 8 nitrogen and oxygen atoms in total. The maximum atomic E-state index is 12.7. The number of hydrogen-bond donors (Lipinski definition) is 3. The summed E-state index contributed by atoms with van der Waals surface area (Å²) in [5.74, 6) is -0.955. The average Bonchev–Trinajstić information content (AvgIpc) is 2.86. The summed E-state index contributed by atoms with van der Waals surface area (Å²) >= 11 is 0. The van der Waals surface area contributed by atoms with Gasteiger partial charge in [-0.25, -0.2) is 4.79 Å². The predicted octanol–water partition coefficient (Wildman–Crippen LogP) is 1.26. The predicted molar refractivity (Wildman–Crippen MR) is 97.4 cm³/mol. The largest absolute Gasteiger partial charge is 0.344 e.